The van der Waals surface area contributed by atoms with Gasteiger partial charge in [0.25, 0.3) is 0 Å². The van der Waals surface area contributed by atoms with Crippen LogP contribution in [-0.4, -0.2) is 143 Å². The van der Waals surface area contributed by atoms with E-state index < -0.39 is 39.9 Å². The Balaban J connectivity index is 0.00000242. The first-order valence-electron chi connectivity index (χ1n) is 11.7. The van der Waals surface area contributed by atoms with E-state index in [0.29, 0.717) is 14.9 Å². The van der Waals surface area contributed by atoms with Crippen LogP contribution >= 0.6 is 58.0 Å². The number of thiazole rings is 1. The van der Waals surface area contributed by atoms with Crippen molar-refractivity contribution < 1.29 is 29.4 Å². The maximum atomic E-state index is 13.5. The van der Waals surface area contributed by atoms with Crippen LogP contribution in [-0.2, 0) is 14.4 Å². The minimum atomic E-state index is -1.17. The molecule has 19 heteroatoms. The van der Waals surface area contributed by atoms with Crippen molar-refractivity contribution >= 4 is 146 Å². The number of nitrogen functional groups attached to an aromatic ring is 1. The van der Waals surface area contributed by atoms with Gasteiger partial charge in [0.1, 0.15) is 27.1 Å². The number of fused-ring (bicyclic) bond motifs is 1. The van der Waals surface area contributed by atoms with Gasteiger partial charge in [-0.2, -0.15) is 0 Å². The molecular formula is C23H24N6Na2O6S5. The van der Waals surface area contributed by atoms with Gasteiger partial charge in [-0.3, -0.25) is 14.4 Å². The zero-order valence-corrected chi connectivity index (χ0v) is 24.8. The zero-order valence-electron chi connectivity index (χ0n) is 20.7. The number of carbonyl (C=O) groups excluding carboxylic acids is 2. The first-order valence-corrected chi connectivity index (χ1v) is 16.3. The third kappa shape index (κ3) is 7.50. The van der Waals surface area contributed by atoms with Gasteiger partial charge in [0.05, 0.1) is 11.3 Å². The maximum absolute atomic E-state index is 13.5. The van der Waals surface area contributed by atoms with Crippen LogP contribution in [0.2, 0.25) is 0 Å². The molecule has 0 aliphatic carbocycles. The van der Waals surface area contributed by atoms with Crippen molar-refractivity contribution in [3.05, 3.63) is 45.9 Å². The number of β-lactam (4-membered cyclic amide) rings is 1. The fourth-order valence-electron chi connectivity index (χ4n) is 4.21. The van der Waals surface area contributed by atoms with Gasteiger partial charge in [0.2, 0.25) is 11.8 Å². The average molecular weight is 687 g/mol. The van der Waals surface area contributed by atoms with E-state index in [1.165, 1.54) is 45.8 Å². The molecule has 2 aliphatic heterocycles. The van der Waals surface area contributed by atoms with Crippen molar-refractivity contribution in [1.82, 2.24) is 25.4 Å². The summed E-state index contributed by atoms with van der Waals surface area (Å²) in [6, 6.07) is 5.46. The van der Waals surface area contributed by atoms with E-state index in [1.807, 2.05) is 6.92 Å². The number of amides is 2. The second kappa shape index (κ2) is 14.9. The van der Waals surface area contributed by atoms with Gasteiger partial charge in [-0.05, 0) is 19.1 Å². The molecule has 2 amide bonds. The number of benzene rings is 1. The van der Waals surface area contributed by atoms with Crippen molar-refractivity contribution in [2.45, 2.75) is 32.8 Å². The van der Waals surface area contributed by atoms with Crippen LogP contribution in [0.3, 0.4) is 0 Å². The molecule has 5 N–H and O–H groups in total. The summed E-state index contributed by atoms with van der Waals surface area (Å²) in [5.41, 5.74) is 5.01. The van der Waals surface area contributed by atoms with Crippen LogP contribution in [0.15, 0.2) is 38.9 Å². The van der Waals surface area contributed by atoms with E-state index in [-0.39, 0.29) is 93.8 Å². The first-order chi connectivity index (χ1) is 19.1. The third-order valence-corrected chi connectivity index (χ3v) is 12.1. The number of aromatic nitrogens is 3. The van der Waals surface area contributed by atoms with Gasteiger partial charge in [-0.25, -0.2) is 9.78 Å². The van der Waals surface area contributed by atoms with E-state index in [2.05, 4.69) is 20.5 Å². The molecule has 0 spiro atoms. The van der Waals surface area contributed by atoms with Gasteiger partial charge >= 0.3 is 71.1 Å². The molecule has 3 unspecified atom stereocenters. The van der Waals surface area contributed by atoms with Crippen LogP contribution in [0, 0.1) is 12.3 Å². The van der Waals surface area contributed by atoms with Crippen molar-refractivity contribution in [1.29, 1.82) is 0 Å². The molecule has 0 bridgehead atoms. The summed E-state index contributed by atoms with van der Waals surface area (Å²) in [6.07, 6.45) is 0. The molecule has 12 nitrogen and oxygen atoms in total. The third-order valence-electron chi connectivity index (χ3n) is 6.28. The van der Waals surface area contributed by atoms with Crippen molar-refractivity contribution in [3.63, 3.8) is 0 Å². The summed E-state index contributed by atoms with van der Waals surface area (Å²) in [5, 5.41) is 31.7. The average Bonchev–Trinajstić information content (AvgIpc) is 3.56. The Morgan fingerprint density at radius 2 is 1.98 bits per heavy atom. The van der Waals surface area contributed by atoms with Gasteiger partial charge < -0.3 is 26.2 Å². The number of aryl methyl sites for hydroxylation is 1. The molecular weight excluding hydrogens is 663 g/mol. The van der Waals surface area contributed by atoms with Gasteiger partial charge in [0, 0.05) is 28.3 Å². The standard InChI is InChI=1S/C23H22N6O6S5.2Na.2H/c1-10-27-28-22(39-10)38-9-23(20(34)35)7-29-17(31)14(18(29)37-8-23)26-16(30)15(12-6-36-21(24)25-12)40-13-5-3-2-4-11(13)19(32)33;;;;/h2-6,14-15,18H,7-9H2,1H3,(H2,24,25)(H,26,30)(H,32,33)(H,34,35);;;;/t14?,15?,18-,23?;;;;/m1..../s1. The van der Waals surface area contributed by atoms with Gasteiger partial charge in [0.15, 0.2) is 9.47 Å². The zero-order chi connectivity index (χ0) is 28.6. The predicted molar refractivity (Wildman–Crippen MR) is 168 cm³/mol. The number of nitrogens with one attached hydrogen (secondary N) is 1. The monoisotopic (exact) mass is 686 g/mol. The van der Waals surface area contributed by atoms with Crippen LogP contribution < -0.4 is 11.1 Å². The Hall–Kier alpha value is -0.860. The number of carboxylic acid groups (broad SMARTS) is 2. The molecule has 0 radical (unpaired) electrons. The number of carboxylic acids is 2. The fraction of sp³-hybridized carbons (Fsp3) is 0.348. The molecule has 2 aromatic heterocycles. The van der Waals surface area contributed by atoms with E-state index in [4.69, 9.17) is 5.73 Å². The molecule has 1 aromatic carbocycles. The molecule has 4 heterocycles. The normalized spacial score (nSPS) is 21.6. The fourth-order valence-corrected chi connectivity index (χ4v) is 9.67. The van der Waals surface area contributed by atoms with E-state index in [9.17, 15) is 29.4 Å². The number of hydrogen-bond donors (Lipinski definition) is 4. The van der Waals surface area contributed by atoms with E-state index in [0.717, 1.165) is 28.1 Å². The number of nitrogens with two attached hydrogens (primary N) is 1. The van der Waals surface area contributed by atoms with Crippen LogP contribution in [0.25, 0.3) is 0 Å². The topological polar surface area (TPSA) is 189 Å². The number of carbonyl (C=O) groups is 4. The quantitative estimate of drug-likeness (QED) is 0.136. The summed E-state index contributed by atoms with van der Waals surface area (Å²) >= 11 is 6.15. The molecule has 2 aliphatic rings. The number of aliphatic carboxylic acids is 1. The number of rotatable bonds is 10. The SMILES string of the molecule is Cc1nnc(SCC2(C(=O)O)CS[C@@H]3C(NC(=O)C(Sc4ccccc4C(=O)O)c4csc(N)n4)C(=O)N3C2)s1.[NaH].[NaH]. The molecule has 42 heavy (non-hydrogen) atoms. The number of thioether (sulfide) groups is 3. The number of nitrogens with zero attached hydrogens (tertiary/aromatic N) is 4. The van der Waals surface area contributed by atoms with Crippen molar-refractivity contribution in [2.75, 3.05) is 23.8 Å². The molecule has 4 atom stereocenters. The molecule has 214 valence electrons. The summed E-state index contributed by atoms with van der Waals surface area (Å²) < 4.78 is 0.668. The summed E-state index contributed by atoms with van der Waals surface area (Å²) in [7, 11) is 0. The Morgan fingerprint density at radius 1 is 1.24 bits per heavy atom. The van der Waals surface area contributed by atoms with Gasteiger partial charge in [-0.1, -0.05) is 35.2 Å². The Kier molecular flexibility index (Phi) is 12.7. The Bertz CT molecular complexity index is 1490. The summed E-state index contributed by atoms with van der Waals surface area (Å²) in [4.78, 5) is 56.8. The van der Waals surface area contributed by atoms with Crippen LogP contribution in [0.1, 0.15) is 26.3 Å². The first kappa shape index (κ1) is 35.6. The van der Waals surface area contributed by atoms with E-state index >= 15 is 0 Å². The molecule has 2 fully saturated rings. The van der Waals surface area contributed by atoms with Crippen molar-refractivity contribution in [3.8, 4) is 0 Å². The predicted octanol–water partition coefficient (Wildman–Crippen LogP) is 1.38. The second-order valence-electron chi connectivity index (χ2n) is 9.02. The molecule has 3 aromatic rings. The Labute approximate surface area is 305 Å². The molecule has 0 saturated carbocycles. The number of anilines is 1. The number of hydrogen-bond acceptors (Lipinski definition) is 13. The van der Waals surface area contributed by atoms with Crippen LogP contribution in [0.5, 0.6) is 0 Å². The van der Waals surface area contributed by atoms with Crippen LogP contribution in [0.4, 0.5) is 5.13 Å². The van der Waals surface area contributed by atoms with Crippen molar-refractivity contribution in [2.24, 2.45) is 5.41 Å². The summed E-state index contributed by atoms with van der Waals surface area (Å²) in [5.74, 6) is -2.55. The second-order valence-corrected chi connectivity index (χ2v) is 14.6. The Morgan fingerprint density at radius 3 is 2.60 bits per heavy atom. The summed E-state index contributed by atoms with van der Waals surface area (Å²) in [6.45, 7) is 1.84. The van der Waals surface area contributed by atoms with Gasteiger partial charge in [-0.15, -0.1) is 45.1 Å². The minimum absolute atomic E-state index is 0. The molecule has 2 saturated heterocycles. The number of aromatic carboxylic acids is 1. The molecule has 5 rings (SSSR count). The van der Waals surface area contributed by atoms with E-state index in [1.54, 1.807) is 23.6 Å².